The Labute approximate surface area is 107 Å². The van der Waals surface area contributed by atoms with Crippen LogP contribution in [-0.4, -0.2) is 35.7 Å². The van der Waals surface area contributed by atoms with Crippen molar-refractivity contribution < 1.29 is 19.4 Å². The van der Waals surface area contributed by atoms with Crippen molar-refractivity contribution in [2.24, 2.45) is 5.92 Å². The van der Waals surface area contributed by atoms with E-state index in [9.17, 15) is 14.7 Å². The fourth-order valence-electron chi connectivity index (χ4n) is 2.88. The Balaban J connectivity index is 1.92. The number of carbonyl (C=O) groups excluding carboxylic acids is 1. The van der Waals surface area contributed by atoms with Crippen molar-refractivity contribution in [3.8, 4) is 0 Å². The first-order chi connectivity index (χ1) is 8.68. The third-order valence-corrected chi connectivity index (χ3v) is 3.91. The number of ether oxygens (including phenoxy) is 1. The van der Waals surface area contributed by atoms with E-state index in [1.54, 1.807) is 0 Å². The molecular formula is C13H21NO4. The standard InChI is InChI=1S/C13H21NO4/c15-12(10-7-4-8-18-10)14-11(13(16)17)9-5-2-1-3-6-9/h9-11H,1-8H2,(H,14,15)(H,16,17). The molecule has 2 atom stereocenters. The Morgan fingerprint density at radius 2 is 1.83 bits per heavy atom. The van der Waals surface area contributed by atoms with Gasteiger partial charge < -0.3 is 15.2 Å². The van der Waals surface area contributed by atoms with Crippen LogP contribution in [0.1, 0.15) is 44.9 Å². The Hall–Kier alpha value is -1.10. The molecule has 1 aliphatic heterocycles. The van der Waals surface area contributed by atoms with E-state index in [2.05, 4.69) is 5.32 Å². The molecule has 5 nitrogen and oxygen atoms in total. The van der Waals surface area contributed by atoms with Crippen molar-refractivity contribution >= 4 is 11.9 Å². The molecule has 2 unspecified atom stereocenters. The van der Waals surface area contributed by atoms with Gasteiger partial charge in [0.1, 0.15) is 12.1 Å². The maximum Gasteiger partial charge on any atom is 0.326 e. The second-order valence-corrected chi connectivity index (χ2v) is 5.22. The summed E-state index contributed by atoms with van der Waals surface area (Å²) in [6, 6.07) is -0.748. The number of aliphatic carboxylic acids is 1. The number of carboxylic acid groups (broad SMARTS) is 1. The average Bonchev–Trinajstić information content (AvgIpc) is 2.90. The van der Waals surface area contributed by atoms with E-state index < -0.39 is 18.1 Å². The molecule has 0 radical (unpaired) electrons. The summed E-state index contributed by atoms with van der Waals surface area (Å²) < 4.78 is 5.28. The quantitative estimate of drug-likeness (QED) is 0.794. The zero-order valence-electron chi connectivity index (χ0n) is 10.6. The molecule has 1 heterocycles. The van der Waals surface area contributed by atoms with E-state index >= 15 is 0 Å². The van der Waals surface area contributed by atoms with Crippen molar-refractivity contribution in [2.75, 3.05) is 6.61 Å². The molecule has 2 fully saturated rings. The number of nitrogens with one attached hydrogen (secondary N) is 1. The van der Waals surface area contributed by atoms with Crippen LogP contribution in [-0.2, 0) is 14.3 Å². The van der Waals surface area contributed by atoms with Crippen LogP contribution in [0.5, 0.6) is 0 Å². The molecule has 0 bridgehead atoms. The van der Waals surface area contributed by atoms with Gasteiger partial charge in [-0.15, -0.1) is 0 Å². The van der Waals surface area contributed by atoms with E-state index in [4.69, 9.17) is 4.74 Å². The molecule has 1 saturated heterocycles. The average molecular weight is 255 g/mol. The number of carbonyl (C=O) groups is 2. The molecule has 0 spiro atoms. The van der Waals surface area contributed by atoms with Crippen LogP contribution in [0, 0.1) is 5.92 Å². The third-order valence-electron chi connectivity index (χ3n) is 3.91. The highest BCUT2D eigenvalue weighted by Gasteiger charge is 2.33. The highest BCUT2D eigenvalue weighted by molar-refractivity contribution is 5.86. The number of rotatable bonds is 4. The van der Waals surface area contributed by atoms with Crippen LogP contribution in [0.3, 0.4) is 0 Å². The molecule has 2 N–H and O–H groups in total. The Bertz CT molecular complexity index is 306. The molecule has 18 heavy (non-hydrogen) atoms. The Morgan fingerprint density at radius 3 is 2.39 bits per heavy atom. The largest absolute Gasteiger partial charge is 0.480 e. The molecule has 1 aliphatic carbocycles. The lowest BCUT2D eigenvalue weighted by atomic mass is 9.84. The number of hydrogen-bond donors (Lipinski definition) is 2. The SMILES string of the molecule is O=C(NC(C(=O)O)C1CCCCC1)C1CCCO1. The fraction of sp³-hybridized carbons (Fsp3) is 0.846. The summed E-state index contributed by atoms with van der Waals surface area (Å²) in [4.78, 5) is 23.2. The zero-order valence-corrected chi connectivity index (χ0v) is 10.6. The predicted octanol–water partition coefficient (Wildman–Crippen LogP) is 1.32. The molecule has 102 valence electrons. The molecule has 0 aromatic heterocycles. The van der Waals surface area contributed by atoms with Gasteiger partial charge >= 0.3 is 5.97 Å². The zero-order chi connectivity index (χ0) is 13.0. The first-order valence-corrected chi connectivity index (χ1v) is 6.83. The van der Waals surface area contributed by atoms with Gasteiger partial charge in [-0.2, -0.15) is 0 Å². The summed E-state index contributed by atoms with van der Waals surface area (Å²) in [6.07, 6.45) is 6.19. The van der Waals surface area contributed by atoms with Crippen LogP contribution in [0.2, 0.25) is 0 Å². The molecule has 0 aromatic carbocycles. The molecule has 0 aromatic rings. The lowest BCUT2D eigenvalue weighted by molar-refractivity contribution is -0.145. The van der Waals surface area contributed by atoms with Crippen molar-refractivity contribution in [1.82, 2.24) is 5.32 Å². The minimum atomic E-state index is -0.923. The summed E-state index contributed by atoms with van der Waals surface area (Å²) in [5, 5.41) is 11.9. The van der Waals surface area contributed by atoms with Crippen LogP contribution in [0.4, 0.5) is 0 Å². The first-order valence-electron chi connectivity index (χ1n) is 6.83. The minimum Gasteiger partial charge on any atom is -0.480 e. The van der Waals surface area contributed by atoms with Gasteiger partial charge in [-0.3, -0.25) is 4.79 Å². The molecular weight excluding hydrogens is 234 g/mol. The molecule has 2 rings (SSSR count). The normalized spacial score (nSPS) is 26.8. The van der Waals surface area contributed by atoms with Crippen molar-refractivity contribution in [1.29, 1.82) is 0 Å². The Morgan fingerprint density at radius 1 is 1.11 bits per heavy atom. The van der Waals surface area contributed by atoms with Gasteiger partial charge in [0.2, 0.25) is 5.91 Å². The second kappa shape index (κ2) is 6.18. The molecule has 5 heteroatoms. The van der Waals surface area contributed by atoms with Crippen molar-refractivity contribution in [3.63, 3.8) is 0 Å². The maximum absolute atomic E-state index is 11.9. The molecule has 1 saturated carbocycles. The lowest BCUT2D eigenvalue weighted by Crippen LogP contribution is -2.49. The number of carboxylic acids is 1. The Kier molecular flexibility index (Phi) is 4.58. The van der Waals surface area contributed by atoms with Gasteiger partial charge in [-0.05, 0) is 31.6 Å². The van der Waals surface area contributed by atoms with Crippen molar-refractivity contribution in [3.05, 3.63) is 0 Å². The van der Waals surface area contributed by atoms with E-state index in [0.29, 0.717) is 13.0 Å². The number of hydrogen-bond acceptors (Lipinski definition) is 3. The van der Waals surface area contributed by atoms with E-state index in [1.807, 2.05) is 0 Å². The van der Waals surface area contributed by atoms with Crippen molar-refractivity contribution in [2.45, 2.75) is 57.1 Å². The van der Waals surface area contributed by atoms with Crippen LogP contribution in [0.15, 0.2) is 0 Å². The topological polar surface area (TPSA) is 75.6 Å². The monoisotopic (exact) mass is 255 g/mol. The number of amides is 1. The summed E-state index contributed by atoms with van der Waals surface area (Å²) in [6.45, 7) is 0.596. The lowest BCUT2D eigenvalue weighted by Gasteiger charge is -2.28. The summed E-state index contributed by atoms with van der Waals surface area (Å²) >= 11 is 0. The van der Waals surface area contributed by atoms with Crippen LogP contribution >= 0.6 is 0 Å². The van der Waals surface area contributed by atoms with Gasteiger partial charge in [0, 0.05) is 6.61 Å². The van der Waals surface area contributed by atoms with Crippen LogP contribution < -0.4 is 5.32 Å². The van der Waals surface area contributed by atoms with Gasteiger partial charge in [0.15, 0.2) is 0 Å². The summed E-state index contributed by atoms with van der Waals surface area (Å²) in [5.41, 5.74) is 0. The highest BCUT2D eigenvalue weighted by Crippen LogP contribution is 2.27. The predicted molar refractivity (Wildman–Crippen MR) is 65.1 cm³/mol. The molecule has 1 amide bonds. The first kappa shape index (κ1) is 13.3. The second-order valence-electron chi connectivity index (χ2n) is 5.22. The smallest absolute Gasteiger partial charge is 0.326 e. The fourth-order valence-corrected chi connectivity index (χ4v) is 2.88. The van der Waals surface area contributed by atoms with E-state index in [0.717, 1.165) is 32.1 Å². The van der Waals surface area contributed by atoms with Crippen LogP contribution in [0.25, 0.3) is 0 Å². The summed E-state index contributed by atoms with van der Waals surface area (Å²) in [5.74, 6) is -1.11. The van der Waals surface area contributed by atoms with E-state index in [-0.39, 0.29) is 11.8 Å². The van der Waals surface area contributed by atoms with Gasteiger partial charge in [-0.25, -0.2) is 4.79 Å². The van der Waals surface area contributed by atoms with Gasteiger partial charge in [0.25, 0.3) is 0 Å². The third kappa shape index (κ3) is 3.22. The van der Waals surface area contributed by atoms with E-state index in [1.165, 1.54) is 6.42 Å². The highest BCUT2D eigenvalue weighted by atomic mass is 16.5. The minimum absolute atomic E-state index is 0.0709. The maximum atomic E-state index is 11.9. The van der Waals surface area contributed by atoms with Gasteiger partial charge in [0.05, 0.1) is 0 Å². The molecule has 2 aliphatic rings. The summed E-state index contributed by atoms with van der Waals surface area (Å²) in [7, 11) is 0. The van der Waals surface area contributed by atoms with Gasteiger partial charge in [-0.1, -0.05) is 19.3 Å².